The number of anilines is 2. The number of benzene rings is 2. The summed E-state index contributed by atoms with van der Waals surface area (Å²) in [6.45, 7) is 9.59. The number of carbonyl (C=O) groups excluding carboxylic acids is 1. The summed E-state index contributed by atoms with van der Waals surface area (Å²) < 4.78 is 6.72. The average molecular weight is 479 g/mol. The second-order valence-corrected chi connectivity index (χ2v) is 9.04. The monoisotopic (exact) mass is 478 g/mol. The number of rotatable bonds is 7. The van der Waals surface area contributed by atoms with E-state index in [2.05, 4.69) is 20.8 Å². The first-order valence-electron chi connectivity index (χ1n) is 9.82. The van der Waals surface area contributed by atoms with Gasteiger partial charge in [0.05, 0.1) is 15.2 Å². The number of ether oxygens (including phenoxy) is 1. The van der Waals surface area contributed by atoms with Crippen LogP contribution < -0.4 is 15.5 Å². The van der Waals surface area contributed by atoms with Gasteiger partial charge in [0.15, 0.2) is 6.10 Å². The Hall–Kier alpha value is -2.35. The second-order valence-electron chi connectivity index (χ2n) is 7.20. The minimum atomic E-state index is -0.752. The van der Waals surface area contributed by atoms with Crippen molar-refractivity contribution in [3.05, 3.63) is 45.4 Å². The van der Waals surface area contributed by atoms with Crippen LogP contribution in [0.2, 0.25) is 10.0 Å². The summed E-state index contributed by atoms with van der Waals surface area (Å²) in [6.07, 6.45) is 0.117. The number of hydrogen-bond acceptors (Lipinski definition) is 6. The van der Waals surface area contributed by atoms with Crippen LogP contribution in [0.5, 0.6) is 5.75 Å². The first-order valence-corrected chi connectivity index (χ1v) is 11.4. The number of amides is 1. The summed E-state index contributed by atoms with van der Waals surface area (Å²) in [4.78, 5) is 17.4. The topological polar surface area (TPSA) is 75.6 Å². The summed E-state index contributed by atoms with van der Waals surface area (Å²) >= 11 is 13.6. The standard InChI is InChI=1S/C22H24Cl2N4O2S/c1-6-12(3)27-28-22-25-17-9-11(2)19(13(4)20(17)31-22)26-21(29)14(5)30-18-8-7-15(23)10-16(18)24/h7-10,14H,6H2,1-5H3,(H,25,28)(H,26,29)/b27-12+. The van der Waals surface area contributed by atoms with Crippen molar-refractivity contribution in [1.29, 1.82) is 0 Å². The lowest BCUT2D eigenvalue weighted by Gasteiger charge is -2.18. The molecule has 0 saturated carbocycles. The Labute approximate surface area is 195 Å². The highest BCUT2D eigenvalue weighted by Gasteiger charge is 2.20. The van der Waals surface area contributed by atoms with Crippen molar-refractivity contribution in [2.24, 2.45) is 5.10 Å². The Morgan fingerprint density at radius 1 is 1.29 bits per heavy atom. The Balaban J connectivity index is 1.80. The van der Waals surface area contributed by atoms with Crippen LogP contribution in [0.25, 0.3) is 10.2 Å². The second kappa shape index (κ2) is 9.85. The highest BCUT2D eigenvalue weighted by molar-refractivity contribution is 7.22. The van der Waals surface area contributed by atoms with Crippen LogP contribution in [-0.4, -0.2) is 22.7 Å². The molecule has 0 aliphatic heterocycles. The number of fused-ring (bicyclic) bond motifs is 1. The maximum Gasteiger partial charge on any atom is 0.265 e. The third-order valence-electron chi connectivity index (χ3n) is 4.79. The molecule has 3 rings (SSSR count). The van der Waals surface area contributed by atoms with Gasteiger partial charge in [-0.1, -0.05) is 41.5 Å². The Bertz CT molecular complexity index is 1160. The smallest absolute Gasteiger partial charge is 0.265 e. The molecule has 0 spiro atoms. The molecule has 0 saturated heterocycles. The number of carbonyl (C=O) groups is 1. The number of aryl methyl sites for hydroxylation is 2. The molecule has 1 atom stereocenters. The number of nitrogens with one attached hydrogen (secondary N) is 2. The number of hydrogen-bond donors (Lipinski definition) is 2. The van der Waals surface area contributed by atoms with Crippen molar-refractivity contribution in [2.75, 3.05) is 10.7 Å². The van der Waals surface area contributed by atoms with E-state index in [0.29, 0.717) is 20.9 Å². The van der Waals surface area contributed by atoms with Gasteiger partial charge in [-0.15, -0.1) is 0 Å². The first kappa shape index (κ1) is 23.3. The SMILES string of the molecule is CC/C(C)=N/Nc1nc2cc(C)c(NC(=O)C(C)Oc3ccc(Cl)cc3Cl)c(C)c2s1. The van der Waals surface area contributed by atoms with Crippen molar-refractivity contribution in [2.45, 2.75) is 47.1 Å². The highest BCUT2D eigenvalue weighted by Crippen LogP contribution is 2.35. The van der Waals surface area contributed by atoms with E-state index in [1.54, 1.807) is 25.1 Å². The molecule has 0 bridgehead atoms. The number of hydrazone groups is 1. The Morgan fingerprint density at radius 3 is 2.71 bits per heavy atom. The van der Waals surface area contributed by atoms with Gasteiger partial charge in [-0.2, -0.15) is 5.10 Å². The van der Waals surface area contributed by atoms with Gasteiger partial charge in [0.25, 0.3) is 5.91 Å². The molecule has 2 aromatic carbocycles. The van der Waals surface area contributed by atoms with Crippen molar-refractivity contribution >= 4 is 67.2 Å². The van der Waals surface area contributed by atoms with Crippen LogP contribution in [0, 0.1) is 13.8 Å². The van der Waals surface area contributed by atoms with Crippen molar-refractivity contribution in [3.63, 3.8) is 0 Å². The van der Waals surface area contributed by atoms with Crippen LogP contribution >= 0.6 is 34.5 Å². The van der Waals surface area contributed by atoms with E-state index in [0.717, 1.165) is 39.2 Å². The molecule has 0 aliphatic rings. The molecular formula is C22H24Cl2N4O2S. The van der Waals surface area contributed by atoms with Gasteiger partial charge in [-0.25, -0.2) is 4.98 Å². The largest absolute Gasteiger partial charge is 0.479 e. The van der Waals surface area contributed by atoms with Crippen LogP contribution in [0.3, 0.4) is 0 Å². The summed E-state index contributed by atoms with van der Waals surface area (Å²) in [6, 6.07) is 6.84. The fraction of sp³-hybridized carbons (Fsp3) is 0.318. The zero-order valence-electron chi connectivity index (χ0n) is 18.0. The average Bonchev–Trinajstić information content (AvgIpc) is 3.14. The van der Waals surface area contributed by atoms with Gasteiger partial charge in [0.1, 0.15) is 5.75 Å². The van der Waals surface area contributed by atoms with Crippen molar-refractivity contribution in [3.8, 4) is 5.75 Å². The van der Waals surface area contributed by atoms with E-state index in [4.69, 9.17) is 27.9 Å². The van der Waals surface area contributed by atoms with E-state index in [9.17, 15) is 4.79 Å². The van der Waals surface area contributed by atoms with Gasteiger partial charge < -0.3 is 10.1 Å². The van der Waals surface area contributed by atoms with E-state index >= 15 is 0 Å². The summed E-state index contributed by atoms with van der Waals surface area (Å²) in [5, 5.41) is 8.87. The molecule has 1 heterocycles. The van der Waals surface area contributed by atoms with E-state index in [1.807, 2.05) is 33.8 Å². The van der Waals surface area contributed by atoms with Gasteiger partial charge >= 0.3 is 0 Å². The fourth-order valence-corrected chi connectivity index (χ4v) is 4.23. The van der Waals surface area contributed by atoms with Gasteiger partial charge in [-0.05, 0) is 69.5 Å². The van der Waals surface area contributed by atoms with Crippen LogP contribution in [-0.2, 0) is 4.79 Å². The summed E-state index contributed by atoms with van der Waals surface area (Å²) in [5.74, 6) is 0.126. The maximum atomic E-state index is 12.8. The lowest BCUT2D eigenvalue weighted by atomic mass is 10.1. The van der Waals surface area contributed by atoms with Crippen LogP contribution in [0.4, 0.5) is 10.8 Å². The quantitative estimate of drug-likeness (QED) is 0.288. The zero-order chi connectivity index (χ0) is 22.7. The highest BCUT2D eigenvalue weighted by atomic mass is 35.5. The van der Waals surface area contributed by atoms with Gasteiger partial charge in [-0.3, -0.25) is 10.2 Å². The molecule has 9 heteroatoms. The Morgan fingerprint density at radius 2 is 2.03 bits per heavy atom. The van der Waals surface area contributed by atoms with E-state index in [-0.39, 0.29) is 5.91 Å². The summed E-state index contributed by atoms with van der Waals surface area (Å²) in [5.41, 5.74) is 7.48. The lowest BCUT2D eigenvalue weighted by Crippen LogP contribution is -2.30. The molecular weight excluding hydrogens is 455 g/mol. The summed E-state index contributed by atoms with van der Waals surface area (Å²) in [7, 11) is 0. The first-order chi connectivity index (χ1) is 14.7. The lowest BCUT2D eigenvalue weighted by molar-refractivity contribution is -0.122. The molecule has 0 radical (unpaired) electrons. The fourth-order valence-electron chi connectivity index (χ4n) is 2.89. The molecule has 3 aromatic rings. The molecule has 1 aromatic heterocycles. The number of halogens is 2. The van der Waals surface area contributed by atoms with E-state index in [1.165, 1.54) is 11.3 Å². The predicted molar refractivity (Wildman–Crippen MR) is 131 cm³/mol. The number of nitrogens with zero attached hydrogens (tertiary/aromatic N) is 2. The zero-order valence-corrected chi connectivity index (χ0v) is 20.3. The molecule has 1 amide bonds. The van der Waals surface area contributed by atoms with Crippen LogP contribution in [0.15, 0.2) is 29.4 Å². The molecule has 0 fully saturated rings. The van der Waals surface area contributed by atoms with Gasteiger partial charge in [0.2, 0.25) is 5.13 Å². The third kappa shape index (κ3) is 5.47. The molecule has 2 N–H and O–H groups in total. The van der Waals surface area contributed by atoms with Gasteiger partial charge in [0, 0.05) is 16.4 Å². The van der Waals surface area contributed by atoms with Crippen LogP contribution in [0.1, 0.15) is 38.3 Å². The third-order valence-corrected chi connectivity index (χ3v) is 6.41. The van der Waals surface area contributed by atoms with Crippen molar-refractivity contribution in [1.82, 2.24) is 4.98 Å². The number of aromatic nitrogens is 1. The predicted octanol–water partition coefficient (Wildman–Crippen LogP) is 6.82. The minimum Gasteiger partial charge on any atom is -0.479 e. The minimum absolute atomic E-state index is 0.275. The maximum absolute atomic E-state index is 12.8. The Kier molecular flexibility index (Phi) is 7.41. The van der Waals surface area contributed by atoms with E-state index < -0.39 is 6.10 Å². The number of thiazole rings is 1. The molecule has 1 unspecified atom stereocenters. The molecule has 6 nitrogen and oxygen atoms in total. The molecule has 31 heavy (non-hydrogen) atoms. The molecule has 0 aliphatic carbocycles. The normalized spacial score (nSPS) is 12.7. The van der Waals surface area contributed by atoms with Crippen molar-refractivity contribution < 1.29 is 9.53 Å². The molecule has 164 valence electrons.